The molecule has 0 spiro atoms. The third-order valence-corrected chi connectivity index (χ3v) is 6.83. The second kappa shape index (κ2) is 8.56. The molecular weight excluding hydrogens is 366 g/mol. The van der Waals surface area contributed by atoms with Gasteiger partial charge in [0.25, 0.3) is 0 Å². The van der Waals surface area contributed by atoms with Crippen molar-refractivity contribution in [3.05, 3.63) is 35.4 Å². The molecule has 1 aromatic rings. The number of nitrogens with zero attached hydrogens (tertiary/aromatic N) is 3. The van der Waals surface area contributed by atoms with Crippen LogP contribution in [0.2, 0.25) is 0 Å². The van der Waals surface area contributed by atoms with Crippen LogP contribution in [0.3, 0.4) is 0 Å². The number of hydrogen-bond donors (Lipinski definition) is 0. The second-order valence-corrected chi connectivity index (χ2v) is 8.57. The SMILES string of the molecule is CC(=O)N1CCc2ccccc2C1CC(=O)N1CCN(C(=O)C2CCCC2)CC1. The molecule has 1 unspecified atom stereocenters. The summed E-state index contributed by atoms with van der Waals surface area (Å²) in [6, 6.07) is 7.94. The zero-order valence-corrected chi connectivity index (χ0v) is 17.3. The van der Waals surface area contributed by atoms with E-state index in [1.807, 2.05) is 32.9 Å². The lowest BCUT2D eigenvalue weighted by molar-refractivity contribution is -0.143. The van der Waals surface area contributed by atoms with Gasteiger partial charge in [-0.1, -0.05) is 37.1 Å². The molecule has 0 N–H and O–H groups in total. The molecule has 3 amide bonds. The molecule has 0 aromatic heterocycles. The fourth-order valence-electron chi connectivity index (χ4n) is 5.15. The Labute approximate surface area is 172 Å². The molecule has 2 aliphatic heterocycles. The largest absolute Gasteiger partial charge is 0.339 e. The van der Waals surface area contributed by atoms with E-state index >= 15 is 0 Å². The zero-order valence-electron chi connectivity index (χ0n) is 17.3. The summed E-state index contributed by atoms with van der Waals surface area (Å²) < 4.78 is 0. The minimum atomic E-state index is -0.192. The van der Waals surface area contributed by atoms with Crippen LogP contribution in [0.25, 0.3) is 0 Å². The predicted molar refractivity (Wildman–Crippen MR) is 110 cm³/mol. The Bertz CT molecular complexity index is 779. The summed E-state index contributed by atoms with van der Waals surface area (Å²) in [6.07, 6.45) is 5.49. The molecular formula is C23H31N3O3. The van der Waals surface area contributed by atoms with Crippen molar-refractivity contribution in [2.75, 3.05) is 32.7 Å². The normalized spacial score (nSPS) is 22.5. The zero-order chi connectivity index (χ0) is 20.4. The Hall–Kier alpha value is -2.37. The smallest absolute Gasteiger partial charge is 0.225 e. The summed E-state index contributed by atoms with van der Waals surface area (Å²) in [7, 11) is 0. The van der Waals surface area contributed by atoms with Gasteiger partial charge in [-0.2, -0.15) is 0 Å². The van der Waals surface area contributed by atoms with Crippen LogP contribution < -0.4 is 0 Å². The minimum absolute atomic E-state index is 0.0179. The maximum atomic E-state index is 13.1. The second-order valence-electron chi connectivity index (χ2n) is 8.57. The van der Waals surface area contributed by atoms with Gasteiger partial charge in [-0.3, -0.25) is 14.4 Å². The molecule has 4 rings (SSSR count). The van der Waals surface area contributed by atoms with E-state index in [4.69, 9.17) is 0 Å². The molecule has 0 radical (unpaired) electrons. The van der Waals surface area contributed by atoms with Gasteiger partial charge in [-0.15, -0.1) is 0 Å². The number of rotatable bonds is 3. The fourth-order valence-corrected chi connectivity index (χ4v) is 5.15. The van der Waals surface area contributed by atoms with Gasteiger partial charge >= 0.3 is 0 Å². The molecule has 1 aliphatic carbocycles. The van der Waals surface area contributed by atoms with Gasteiger partial charge in [0.1, 0.15) is 0 Å². The van der Waals surface area contributed by atoms with Crippen molar-refractivity contribution in [2.24, 2.45) is 5.92 Å². The Morgan fingerprint density at radius 3 is 2.28 bits per heavy atom. The maximum absolute atomic E-state index is 13.1. The number of fused-ring (bicyclic) bond motifs is 1. The monoisotopic (exact) mass is 397 g/mol. The van der Waals surface area contributed by atoms with E-state index in [-0.39, 0.29) is 29.7 Å². The lowest BCUT2D eigenvalue weighted by Crippen LogP contribution is -2.52. The molecule has 1 atom stereocenters. The van der Waals surface area contributed by atoms with E-state index in [0.29, 0.717) is 39.1 Å². The van der Waals surface area contributed by atoms with Crippen LogP contribution in [0.15, 0.2) is 24.3 Å². The van der Waals surface area contributed by atoms with E-state index in [1.54, 1.807) is 6.92 Å². The standard InChI is InChI=1S/C23H31N3O3/c1-17(27)26-11-10-18-6-4-5-9-20(18)21(26)16-22(28)24-12-14-25(15-13-24)23(29)19-7-2-3-8-19/h4-6,9,19,21H,2-3,7-8,10-16H2,1H3. The summed E-state index contributed by atoms with van der Waals surface area (Å²) in [5.41, 5.74) is 2.33. The first-order valence-corrected chi connectivity index (χ1v) is 11.0. The minimum Gasteiger partial charge on any atom is -0.339 e. The number of carbonyl (C=O) groups is 3. The van der Waals surface area contributed by atoms with Crippen molar-refractivity contribution in [2.45, 2.75) is 51.5 Å². The van der Waals surface area contributed by atoms with Crippen LogP contribution in [0.4, 0.5) is 0 Å². The van der Waals surface area contributed by atoms with E-state index in [0.717, 1.165) is 37.7 Å². The first-order valence-electron chi connectivity index (χ1n) is 11.0. The Morgan fingerprint density at radius 2 is 1.59 bits per heavy atom. The van der Waals surface area contributed by atoms with Gasteiger partial charge < -0.3 is 14.7 Å². The fraction of sp³-hybridized carbons (Fsp3) is 0.609. The summed E-state index contributed by atoms with van der Waals surface area (Å²) in [5.74, 6) is 0.564. The van der Waals surface area contributed by atoms with E-state index in [2.05, 4.69) is 6.07 Å². The first kappa shape index (κ1) is 19.9. The lowest BCUT2D eigenvalue weighted by Gasteiger charge is -2.39. The summed E-state index contributed by atoms with van der Waals surface area (Å²) in [6.45, 7) is 4.67. The number of carbonyl (C=O) groups excluding carboxylic acids is 3. The Balaban J connectivity index is 1.39. The van der Waals surface area contributed by atoms with Gasteiger partial charge in [-0.05, 0) is 30.4 Å². The van der Waals surface area contributed by atoms with Crippen molar-refractivity contribution in [3.63, 3.8) is 0 Å². The van der Waals surface area contributed by atoms with Crippen LogP contribution >= 0.6 is 0 Å². The molecule has 6 nitrogen and oxygen atoms in total. The number of piperazine rings is 1. The highest BCUT2D eigenvalue weighted by molar-refractivity contribution is 5.81. The number of hydrogen-bond acceptors (Lipinski definition) is 3. The molecule has 1 aromatic carbocycles. The van der Waals surface area contributed by atoms with Crippen molar-refractivity contribution in [3.8, 4) is 0 Å². The van der Waals surface area contributed by atoms with E-state index in [1.165, 1.54) is 5.56 Å². The van der Waals surface area contributed by atoms with Crippen molar-refractivity contribution in [1.29, 1.82) is 0 Å². The molecule has 29 heavy (non-hydrogen) atoms. The molecule has 1 saturated heterocycles. The highest BCUT2D eigenvalue weighted by Crippen LogP contribution is 2.33. The molecule has 0 bridgehead atoms. The van der Waals surface area contributed by atoms with Gasteiger partial charge in [-0.25, -0.2) is 0 Å². The summed E-state index contributed by atoms with van der Waals surface area (Å²) >= 11 is 0. The van der Waals surface area contributed by atoms with Gasteiger partial charge in [0.05, 0.1) is 12.5 Å². The van der Waals surface area contributed by atoms with Crippen molar-refractivity contribution < 1.29 is 14.4 Å². The molecule has 2 heterocycles. The number of benzene rings is 1. The summed E-state index contributed by atoms with van der Waals surface area (Å²) in [4.78, 5) is 43.5. The van der Waals surface area contributed by atoms with Crippen LogP contribution in [0.1, 0.15) is 56.2 Å². The van der Waals surface area contributed by atoms with Crippen molar-refractivity contribution in [1.82, 2.24) is 14.7 Å². The van der Waals surface area contributed by atoms with Gasteiger partial charge in [0, 0.05) is 45.6 Å². The number of amides is 3. The topological polar surface area (TPSA) is 60.9 Å². The van der Waals surface area contributed by atoms with E-state index < -0.39 is 0 Å². The van der Waals surface area contributed by atoms with E-state index in [9.17, 15) is 14.4 Å². The summed E-state index contributed by atoms with van der Waals surface area (Å²) in [5, 5.41) is 0. The first-order chi connectivity index (χ1) is 14.0. The molecule has 1 saturated carbocycles. The Kier molecular flexibility index (Phi) is 5.88. The lowest BCUT2D eigenvalue weighted by atomic mass is 9.90. The van der Waals surface area contributed by atoms with Crippen LogP contribution in [-0.4, -0.2) is 65.1 Å². The molecule has 156 valence electrons. The Morgan fingerprint density at radius 1 is 0.931 bits per heavy atom. The van der Waals surface area contributed by atoms with Crippen LogP contribution in [-0.2, 0) is 20.8 Å². The third kappa shape index (κ3) is 4.16. The highest BCUT2D eigenvalue weighted by Gasteiger charge is 2.34. The van der Waals surface area contributed by atoms with Crippen LogP contribution in [0, 0.1) is 5.92 Å². The predicted octanol–water partition coefficient (Wildman–Crippen LogP) is 2.38. The molecule has 6 heteroatoms. The third-order valence-electron chi connectivity index (χ3n) is 6.83. The average molecular weight is 398 g/mol. The van der Waals surface area contributed by atoms with Gasteiger partial charge in [0.2, 0.25) is 17.7 Å². The van der Waals surface area contributed by atoms with Gasteiger partial charge in [0.15, 0.2) is 0 Å². The maximum Gasteiger partial charge on any atom is 0.225 e. The van der Waals surface area contributed by atoms with Crippen LogP contribution in [0.5, 0.6) is 0 Å². The molecule has 3 aliphatic rings. The van der Waals surface area contributed by atoms with Crippen molar-refractivity contribution >= 4 is 17.7 Å². The molecule has 2 fully saturated rings. The quantitative estimate of drug-likeness (QED) is 0.787. The average Bonchev–Trinajstić information content (AvgIpc) is 3.28. The highest BCUT2D eigenvalue weighted by atomic mass is 16.2.